The van der Waals surface area contributed by atoms with Crippen LogP contribution in [0.25, 0.3) is 0 Å². The first-order valence-electron chi connectivity index (χ1n) is 11.4. The molecule has 0 N–H and O–H groups in total. The summed E-state index contributed by atoms with van der Waals surface area (Å²) >= 11 is 0. The minimum absolute atomic E-state index is 0.224. The van der Waals surface area contributed by atoms with Crippen molar-refractivity contribution in [3.8, 4) is 0 Å². The van der Waals surface area contributed by atoms with Crippen LogP contribution >= 0.6 is 0 Å². The Bertz CT molecular complexity index is 360. The van der Waals surface area contributed by atoms with Crippen LogP contribution in [0.1, 0.15) is 104 Å². The van der Waals surface area contributed by atoms with Gasteiger partial charge in [0, 0.05) is 13.0 Å². The molecule has 1 unspecified atom stereocenters. The smallest absolute Gasteiger partial charge is 0.198 e. The topological polar surface area (TPSA) is 44.7 Å². The summed E-state index contributed by atoms with van der Waals surface area (Å²) in [6.45, 7) is 7.33. The van der Waals surface area contributed by atoms with Crippen LogP contribution in [0, 0.1) is 5.21 Å². The number of nitrogens with zero attached hydrogens (tertiary/aromatic N) is 2. The van der Waals surface area contributed by atoms with Crippen molar-refractivity contribution in [2.45, 2.75) is 104 Å². The average molecular weight is 369 g/mol. The van der Waals surface area contributed by atoms with E-state index in [0.29, 0.717) is 32.8 Å². The number of aliphatic imine (C=N–C) groups is 1. The number of ether oxygens (including phenoxy) is 1. The number of hydroxylamine groups is 3. The molecule has 0 radical (unpaired) electrons. The summed E-state index contributed by atoms with van der Waals surface area (Å²) in [6.07, 6.45) is 18.6. The van der Waals surface area contributed by atoms with Gasteiger partial charge in [0.25, 0.3) is 0 Å². The molecule has 1 atom stereocenters. The van der Waals surface area contributed by atoms with E-state index in [4.69, 9.17) is 4.74 Å². The zero-order valence-corrected chi connectivity index (χ0v) is 17.6. The first kappa shape index (κ1) is 23.6. The summed E-state index contributed by atoms with van der Waals surface area (Å²) in [5.74, 6) is 0.868. The van der Waals surface area contributed by atoms with Crippen LogP contribution in [0.3, 0.4) is 0 Å². The van der Waals surface area contributed by atoms with E-state index in [9.17, 15) is 5.21 Å². The van der Waals surface area contributed by atoms with Gasteiger partial charge in [-0.25, -0.2) is 4.99 Å². The molecule has 0 aromatic carbocycles. The fourth-order valence-electron chi connectivity index (χ4n) is 3.78. The van der Waals surface area contributed by atoms with E-state index >= 15 is 0 Å². The predicted molar refractivity (Wildman–Crippen MR) is 112 cm³/mol. The summed E-state index contributed by atoms with van der Waals surface area (Å²) in [6, 6.07) is 0. The van der Waals surface area contributed by atoms with Crippen molar-refractivity contribution < 1.29 is 9.38 Å². The highest BCUT2D eigenvalue weighted by molar-refractivity contribution is 5.77. The van der Waals surface area contributed by atoms with Crippen LogP contribution in [0.15, 0.2) is 4.99 Å². The second-order valence-electron chi connectivity index (χ2n) is 7.82. The molecule has 0 saturated carbocycles. The maximum Gasteiger partial charge on any atom is 0.198 e. The Hall–Kier alpha value is -0.450. The highest BCUT2D eigenvalue weighted by atomic mass is 16.6. The molecule has 1 heterocycles. The third kappa shape index (κ3) is 10.6. The highest BCUT2D eigenvalue weighted by Crippen LogP contribution is 2.19. The summed E-state index contributed by atoms with van der Waals surface area (Å²) in [5, 5.41) is 12.8. The maximum absolute atomic E-state index is 12.8. The van der Waals surface area contributed by atoms with Crippen LogP contribution in [-0.2, 0) is 4.74 Å². The van der Waals surface area contributed by atoms with Gasteiger partial charge in [0.15, 0.2) is 5.84 Å². The highest BCUT2D eigenvalue weighted by Gasteiger charge is 2.28. The fourth-order valence-corrected chi connectivity index (χ4v) is 3.78. The third-order valence-corrected chi connectivity index (χ3v) is 5.53. The van der Waals surface area contributed by atoms with Crippen LogP contribution < -0.4 is 0 Å². The van der Waals surface area contributed by atoms with Crippen molar-refractivity contribution in [2.75, 3.05) is 32.8 Å². The van der Waals surface area contributed by atoms with Crippen LogP contribution in [0.4, 0.5) is 0 Å². The molecular formula is C22H44N2O2. The largest absolute Gasteiger partial charge is 0.626 e. The van der Waals surface area contributed by atoms with Crippen molar-refractivity contribution in [1.29, 1.82) is 0 Å². The van der Waals surface area contributed by atoms with Crippen molar-refractivity contribution in [1.82, 2.24) is 0 Å². The van der Waals surface area contributed by atoms with Gasteiger partial charge >= 0.3 is 0 Å². The average Bonchev–Trinajstić information content (AvgIpc) is 3.00. The number of rotatable bonds is 18. The first-order chi connectivity index (χ1) is 12.7. The van der Waals surface area contributed by atoms with E-state index in [1.807, 2.05) is 6.92 Å². The van der Waals surface area contributed by atoms with Gasteiger partial charge in [-0.05, 0) is 13.3 Å². The number of quaternary nitrogens is 1. The Morgan fingerprint density at radius 3 is 1.92 bits per heavy atom. The molecule has 1 aliphatic rings. The summed E-state index contributed by atoms with van der Waals surface area (Å²) in [4.78, 5) is 4.48. The monoisotopic (exact) mass is 368 g/mol. The first-order valence-corrected chi connectivity index (χ1v) is 11.4. The van der Waals surface area contributed by atoms with Gasteiger partial charge in [0.2, 0.25) is 0 Å². The number of hydrogen-bond acceptors (Lipinski definition) is 3. The normalized spacial score (nSPS) is 19.9. The van der Waals surface area contributed by atoms with E-state index in [-0.39, 0.29) is 4.65 Å². The summed E-state index contributed by atoms with van der Waals surface area (Å²) < 4.78 is 5.14. The summed E-state index contributed by atoms with van der Waals surface area (Å²) in [7, 11) is 0. The lowest BCUT2D eigenvalue weighted by Crippen LogP contribution is -2.47. The molecule has 1 rings (SSSR count). The van der Waals surface area contributed by atoms with Gasteiger partial charge in [0.1, 0.15) is 13.1 Å². The van der Waals surface area contributed by atoms with Crippen molar-refractivity contribution in [3.05, 3.63) is 5.21 Å². The fraction of sp³-hybridized carbons (Fsp3) is 0.955. The number of unbranched alkanes of at least 4 members (excludes halogenated alkanes) is 12. The Kier molecular flexibility index (Phi) is 14.1. The quantitative estimate of drug-likeness (QED) is 0.163. The molecule has 154 valence electrons. The SMILES string of the molecule is CCCCCCCCCCCCCCCC1=NCC[N+]1([O-])CCOCC. The Morgan fingerprint density at radius 1 is 0.846 bits per heavy atom. The molecule has 4 nitrogen and oxygen atoms in total. The number of amidine groups is 1. The van der Waals surface area contributed by atoms with Crippen LogP contribution in [0.5, 0.6) is 0 Å². The standard InChI is InChI=1S/C22H44N2O2/c1-3-5-6-7-8-9-10-11-12-13-14-15-16-17-22-23-18-19-24(22,25)20-21-26-4-2/h3-21H2,1-2H3. The summed E-state index contributed by atoms with van der Waals surface area (Å²) in [5.41, 5.74) is 0. The second kappa shape index (κ2) is 15.6. The van der Waals surface area contributed by atoms with Crippen molar-refractivity contribution in [2.24, 2.45) is 4.99 Å². The molecule has 0 spiro atoms. The van der Waals surface area contributed by atoms with Crippen molar-refractivity contribution >= 4 is 5.84 Å². The zero-order valence-electron chi connectivity index (χ0n) is 17.6. The van der Waals surface area contributed by atoms with E-state index in [1.54, 1.807) is 0 Å². The van der Waals surface area contributed by atoms with Crippen LogP contribution in [-0.4, -0.2) is 43.3 Å². The van der Waals surface area contributed by atoms with Crippen molar-refractivity contribution in [3.63, 3.8) is 0 Å². The van der Waals surface area contributed by atoms with Gasteiger partial charge in [-0.15, -0.1) is 0 Å². The van der Waals surface area contributed by atoms with Gasteiger partial charge in [-0.2, -0.15) is 0 Å². The van der Waals surface area contributed by atoms with Gasteiger partial charge < -0.3 is 14.6 Å². The molecule has 4 heteroatoms. The minimum atomic E-state index is -0.224. The van der Waals surface area contributed by atoms with E-state index in [2.05, 4.69) is 11.9 Å². The lowest BCUT2D eigenvalue weighted by Gasteiger charge is -2.38. The maximum atomic E-state index is 12.8. The van der Waals surface area contributed by atoms with E-state index < -0.39 is 0 Å². The van der Waals surface area contributed by atoms with Gasteiger partial charge in [-0.3, -0.25) is 0 Å². The lowest BCUT2D eigenvalue weighted by molar-refractivity contribution is -0.784. The molecule has 0 saturated heterocycles. The molecule has 0 fully saturated rings. The van der Waals surface area contributed by atoms with Gasteiger partial charge in [-0.1, -0.05) is 84.0 Å². The Labute approximate surface area is 162 Å². The molecule has 0 aliphatic carbocycles. The molecule has 0 amide bonds. The van der Waals surface area contributed by atoms with Crippen LogP contribution in [0.2, 0.25) is 0 Å². The molecular weight excluding hydrogens is 324 g/mol. The number of hydrogen-bond donors (Lipinski definition) is 0. The van der Waals surface area contributed by atoms with Gasteiger partial charge in [0.05, 0.1) is 13.2 Å². The van der Waals surface area contributed by atoms with E-state index in [0.717, 1.165) is 18.7 Å². The molecule has 0 bridgehead atoms. The molecule has 26 heavy (non-hydrogen) atoms. The molecule has 0 aromatic rings. The Balaban J connectivity index is 1.92. The third-order valence-electron chi connectivity index (χ3n) is 5.53. The van der Waals surface area contributed by atoms with E-state index in [1.165, 1.54) is 77.0 Å². The second-order valence-corrected chi connectivity index (χ2v) is 7.82. The Morgan fingerprint density at radius 2 is 1.38 bits per heavy atom. The minimum Gasteiger partial charge on any atom is -0.626 e. The molecule has 1 aliphatic heterocycles. The molecule has 0 aromatic heterocycles. The lowest BCUT2D eigenvalue weighted by atomic mass is 10.0. The predicted octanol–water partition coefficient (Wildman–Crippen LogP) is 6.23. The zero-order chi connectivity index (χ0) is 18.9.